The summed E-state index contributed by atoms with van der Waals surface area (Å²) < 4.78 is 13.7. The van der Waals surface area contributed by atoms with Gasteiger partial charge >= 0.3 is 7.12 Å². The lowest BCUT2D eigenvalue weighted by molar-refractivity contribution is -0.122. The van der Waals surface area contributed by atoms with Crippen LogP contribution in [0.2, 0.25) is 0 Å². The van der Waals surface area contributed by atoms with E-state index in [0.717, 1.165) is 0 Å². The molecule has 0 aliphatic rings. The van der Waals surface area contributed by atoms with Crippen molar-refractivity contribution in [3.63, 3.8) is 0 Å². The van der Waals surface area contributed by atoms with Crippen LogP contribution in [0.4, 0.5) is 4.39 Å². The molecule has 2 atom stereocenters. The first-order valence-electron chi connectivity index (χ1n) is 9.53. The number of nitrogens with one attached hydrogen (secondary N) is 2. The van der Waals surface area contributed by atoms with Crippen LogP contribution in [0.15, 0.2) is 54.6 Å². The lowest BCUT2D eigenvalue weighted by atomic mass is 9.75. The predicted octanol–water partition coefficient (Wildman–Crippen LogP) is 2.23. The summed E-state index contributed by atoms with van der Waals surface area (Å²) in [6.45, 7) is 3.80. The second-order valence-electron chi connectivity index (χ2n) is 7.37. The Morgan fingerprint density at radius 3 is 2.31 bits per heavy atom. The molecule has 0 aliphatic carbocycles. The van der Waals surface area contributed by atoms with Gasteiger partial charge in [0.1, 0.15) is 5.82 Å². The number of benzene rings is 2. The highest BCUT2D eigenvalue weighted by molar-refractivity contribution is 6.43. The maximum absolute atomic E-state index is 13.7. The van der Waals surface area contributed by atoms with Gasteiger partial charge in [-0.25, -0.2) is 4.39 Å². The molecule has 0 fully saturated rings. The Morgan fingerprint density at radius 2 is 1.72 bits per heavy atom. The Balaban J connectivity index is 2.16. The molecule has 2 aromatic carbocycles. The summed E-state index contributed by atoms with van der Waals surface area (Å²) in [5, 5.41) is 24.4. The van der Waals surface area contributed by atoms with E-state index in [-0.39, 0.29) is 12.3 Å². The van der Waals surface area contributed by atoms with Crippen LogP contribution < -0.4 is 10.6 Å². The molecule has 0 saturated carbocycles. The normalized spacial score (nSPS) is 12.9. The first-order valence-corrected chi connectivity index (χ1v) is 9.53. The van der Waals surface area contributed by atoms with Gasteiger partial charge in [-0.1, -0.05) is 44.2 Å². The summed E-state index contributed by atoms with van der Waals surface area (Å²) >= 11 is 0. The van der Waals surface area contributed by atoms with Crippen LogP contribution in [0.3, 0.4) is 0 Å². The minimum Gasteiger partial charge on any atom is -0.426 e. The minimum absolute atomic E-state index is 0.138. The molecule has 2 aromatic rings. The van der Waals surface area contributed by atoms with Crippen LogP contribution in [0, 0.1) is 11.7 Å². The molecule has 29 heavy (non-hydrogen) atoms. The third-order valence-electron chi connectivity index (χ3n) is 4.41. The van der Waals surface area contributed by atoms with Gasteiger partial charge in [-0.05, 0) is 42.2 Å². The summed E-state index contributed by atoms with van der Waals surface area (Å²) in [7, 11) is -1.70. The Labute approximate surface area is 170 Å². The van der Waals surface area contributed by atoms with Crippen molar-refractivity contribution in [2.75, 3.05) is 0 Å². The average Bonchev–Trinajstić information content (AvgIpc) is 2.67. The van der Waals surface area contributed by atoms with Crippen molar-refractivity contribution in [1.29, 1.82) is 0 Å². The van der Waals surface area contributed by atoms with E-state index in [4.69, 9.17) is 0 Å². The van der Waals surface area contributed by atoms with Gasteiger partial charge in [0.15, 0.2) is 0 Å². The van der Waals surface area contributed by atoms with Gasteiger partial charge in [0.05, 0.1) is 18.4 Å². The Kier molecular flexibility index (Phi) is 8.36. The van der Waals surface area contributed by atoms with E-state index in [2.05, 4.69) is 10.6 Å². The molecule has 0 radical (unpaired) electrons. The average molecular weight is 400 g/mol. The summed E-state index contributed by atoms with van der Waals surface area (Å²) in [6.07, 6.45) is 0.202. The molecule has 0 aromatic heterocycles. The van der Waals surface area contributed by atoms with Crippen molar-refractivity contribution in [3.05, 3.63) is 71.5 Å². The Bertz CT molecular complexity index is 817. The zero-order valence-corrected chi connectivity index (χ0v) is 16.5. The molecule has 154 valence electrons. The largest absolute Gasteiger partial charge is 0.475 e. The van der Waals surface area contributed by atoms with Crippen molar-refractivity contribution in [2.24, 2.45) is 5.92 Å². The molecule has 0 heterocycles. The maximum Gasteiger partial charge on any atom is 0.475 e. The fourth-order valence-electron chi connectivity index (χ4n) is 3.02. The van der Waals surface area contributed by atoms with Crippen LogP contribution in [-0.2, 0) is 4.79 Å². The number of hydrogen-bond acceptors (Lipinski definition) is 4. The zero-order valence-electron chi connectivity index (χ0n) is 16.5. The van der Waals surface area contributed by atoms with Crippen molar-refractivity contribution >= 4 is 18.9 Å². The van der Waals surface area contributed by atoms with Gasteiger partial charge in [0.25, 0.3) is 5.91 Å². The highest BCUT2D eigenvalue weighted by atomic mass is 19.1. The molecule has 2 amide bonds. The van der Waals surface area contributed by atoms with Crippen molar-refractivity contribution < 1.29 is 24.0 Å². The number of carbonyl (C=O) groups excluding carboxylic acids is 2. The van der Waals surface area contributed by atoms with Crippen LogP contribution in [0.1, 0.15) is 48.7 Å². The number of hydrogen-bond donors (Lipinski definition) is 4. The molecular weight excluding hydrogens is 374 g/mol. The number of amides is 2. The van der Waals surface area contributed by atoms with Crippen LogP contribution in [0.5, 0.6) is 0 Å². The third kappa shape index (κ3) is 7.32. The summed E-state index contributed by atoms with van der Waals surface area (Å²) in [4.78, 5) is 25.1. The quantitative estimate of drug-likeness (QED) is 0.485. The standard InChI is InChI=1S/C21H26BFN2O4/c1-14(2)11-19(22(28)29)25-20(26)13-18(16-9-6-10-17(23)12-16)24-21(27)15-7-4-3-5-8-15/h3-10,12,14,18-19,28-29H,11,13H2,1-2H3,(H,24,27)(H,25,26)/t18?,19-/m0/s1. The van der Waals surface area contributed by atoms with Gasteiger partial charge in [-0.2, -0.15) is 0 Å². The van der Waals surface area contributed by atoms with E-state index in [1.54, 1.807) is 36.4 Å². The second-order valence-corrected chi connectivity index (χ2v) is 7.37. The minimum atomic E-state index is -1.70. The third-order valence-corrected chi connectivity index (χ3v) is 4.41. The summed E-state index contributed by atoms with van der Waals surface area (Å²) in [5.41, 5.74) is 0.854. The monoisotopic (exact) mass is 400 g/mol. The van der Waals surface area contributed by atoms with Crippen LogP contribution >= 0.6 is 0 Å². The predicted molar refractivity (Wildman–Crippen MR) is 109 cm³/mol. The lowest BCUT2D eigenvalue weighted by Crippen LogP contribution is -2.48. The molecule has 6 nitrogen and oxygen atoms in total. The second kappa shape index (κ2) is 10.7. The van der Waals surface area contributed by atoms with E-state index >= 15 is 0 Å². The smallest absolute Gasteiger partial charge is 0.426 e. The van der Waals surface area contributed by atoms with E-state index in [1.165, 1.54) is 18.2 Å². The Morgan fingerprint density at radius 1 is 1.03 bits per heavy atom. The molecule has 8 heteroatoms. The topological polar surface area (TPSA) is 98.7 Å². The van der Waals surface area contributed by atoms with E-state index < -0.39 is 36.7 Å². The first kappa shape index (κ1) is 22.6. The molecule has 0 spiro atoms. The SMILES string of the molecule is CC(C)C[C@H](NC(=O)CC(NC(=O)c1ccccc1)c1cccc(F)c1)B(O)O. The van der Waals surface area contributed by atoms with Gasteiger partial charge in [0.2, 0.25) is 5.91 Å². The fraction of sp³-hybridized carbons (Fsp3) is 0.333. The van der Waals surface area contributed by atoms with E-state index in [0.29, 0.717) is 17.5 Å². The van der Waals surface area contributed by atoms with Gasteiger partial charge in [0, 0.05) is 5.56 Å². The highest BCUT2D eigenvalue weighted by Gasteiger charge is 2.28. The number of rotatable bonds is 9. The van der Waals surface area contributed by atoms with Gasteiger partial charge in [-0.15, -0.1) is 0 Å². The number of halogens is 1. The first-order chi connectivity index (χ1) is 13.8. The zero-order chi connectivity index (χ0) is 21.4. The number of carbonyl (C=O) groups is 2. The Hall–Kier alpha value is -2.71. The van der Waals surface area contributed by atoms with Crippen LogP contribution in [0.25, 0.3) is 0 Å². The summed E-state index contributed by atoms with van der Waals surface area (Å²) in [6, 6.07) is 13.4. The molecule has 0 aliphatic heterocycles. The molecule has 0 saturated heterocycles. The van der Waals surface area contributed by atoms with Crippen LogP contribution in [-0.4, -0.2) is 34.9 Å². The van der Waals surface area contributed by atoms with Gasteiger partial charge < -0.3 is 20.7 Å². The van der Waals surface area contributed by atoms with Crippen molar-refractivity contribution in [3.8, 4) is 0 Å². The maximum atomic E-state index is 13.7. The molecule has 2 rings (SSSR count). The fourth-order valence-corrected chi connectivity index (χ4v) is 3.02. The summed E-state index contributed by atoms with van der Waals surface area (Å²) in [5.74, 6) is -2.05. The van der Waals surface area contributed by atoms with Gasteiger partial charge in [-0.3, -0.25) is 9.59 Å². The van der Waals surface area contributed by atoms with E-state index in [9.17, 15) is 24.0 Å². The molecule has 4 N–H and O–H groups in total. The highest BCUT2D eigenvalue weighted by Crippen LogP contribution is 2.19. The van der Waals surface area contributed by atoms with Crippen molar-refractivity contribution in [1.82, 2.24) is 10.6 Å². The molecular formula is C21H26BFN2O4. The molecule has 0 bridgehead atoms. The van der Waals surface area contributed by atoms with E-state index in [1.807, 2.05) is 13.8 Å². The lowest BCUT2D eigenvalue weighted by Gasteiger charge is -2.23. The van der Waals surface area contributed by atoms with Crippen molar-refractivity contribution in [2.45, 2.75) is 38.7 Å². The molecule has 1 unspecified atom stereocenters.